The molecule has 70 valence electrons. The predicted molar refractivity (Wildman–Crippen MR) is 57.4 cm³/mol. The van der Waals surface area contributed by atoms with Gasteiger partial charge in [-0.25, -0.2) is 4.99 Å². The van der Waals surface area contributed by atoms with E-state index < -0.39 is 0 Å². The average Bonchev–Trinajstić information content (AvgIpc) is 2.15. The first-order chi connectivity index (χ1) is 6.24. The summed E-state index contributed by atoms with van der Waals surface area (Å²) in [5.74, 6) is 0.987. The summed E-state index contributed by atoms with van der Waals surface area (Å²) in [6.45, 7) is 4.30. The SMILES string of the molecule is CC1C=CC(C(C)C=NC=N)=CC1. The fraction of sp³-hybridized carbons (Fsp3) is 0.455. The molecule has 0 heterocycles. The van der Waals surface area contributed by atoms with Gasteiger partial charge in [0.1, 0.15) is 6.34 Å². The molecule has 0 radical (unpaired) electrons. The highest BCUT2D eigenvalue weighted by Gasteiger charge is 2.07. The second-order valence-electron chi connectivity index (χ2n) is 3.49. The van der Waals surface area contributed by atoms with E-state index in [1.807, 2.05) is 0 Å². The van der Waals surface area contributed by atoms with Crippen LogP contribution in [-0.2, 0) is 0 Å². The highest BCUT2D eigenvalue weighted by Crippen LogP contribution is 2.20. The fourth-order valence-corrected chi connectivity index (χ4v) is 1.34. The number of allylic oxidation sites excluding steroid dienone is 4. The summed E-state index contributed by atoms with van der Waals surface area (Å²) in [6, 6.07) is 0. The molecule has 1 aliphatic rings. The molecule has 2 atom stereocenters. The minimum Gasteiger partial charge on any atom is -0.290 e. The molecule has 0 saturated heterocycles. The Bertz CT molecular complexity index is 261. The van der Waals surface area contributed by atoms with Crippen LogP contribution >= 0.6 is 0 Å². The predicted octanol–water partition coefficient (Wildman–Crippen LogP) is 2.82. The van der Waals surface area contributed by atoms with Crippen molar-refractivity contribution in [2.24, 2.45) is 16.8 Å². The van der Waals surface area contributed by atoms with Crippen LogP contribution in [0, 0.1) is 17.2 Å². The topological polar surface area (TPSA) is 36.2 Å². The highest BCUT2D eigenvalue weighted by molar-refractivity contribution is 5.74. The van der Waals surface area contributed by atoms with Gasteiger partial charge in [-0.05, 0) is 17.9 Å². The molecule has 0 aromatic heterocycles. The Morgan fingerprint density at radius 3 is 3.00 bits per heavy atom. The van der Waals surface area contributed by atoms with Crippen molar-refractivity contribution >= 4 is 12.6 Å². The van der Waals surface area contributed by atoms with Crippen LogP contribution < -0.4 is 0 Å². The van der Waals surface area contributed by atoms with Crippen LogP contribution in [0.25, 0.3) is 0 Å². The van der Waals surface area contributed by atoms with Crippen molar-refractivity contribution in [1.29, 1.82) is 5.41 Å². The maximum Gasteiger partial charge on any atom is 0.106 e. The van der Waals surface area contributed by atoms with Gasteiger partial charge in [-0.15, -0.1) is 0 Å². The zero-order valence-corrected chi connectivity index (χ0v) is 8.20. The fourth-order valence-electron chi connectivity index (χ4n) is 1.34. The van der Waals surface area contributed by atoms with Crippen molar-refractivity contribution in [3.63, 3.8) is 0 Å². The smallest absolute Gasteiger partial charge is 0.106 e. The lowest BCUT2D eigenvalue weighted by Crippen LogP contribution is -2.03. The first-order valence-corrected chi connectivity index (χ1v) is 4.64. The van der Waals surface area contributed by atoms with Gasteiger partial charge >= 0.3 is 0 Å². The highest BCUT2D eigenvalue weighted by atomic mass is 14.7. The average molecular weight is 176 g/mol. The zero-order chi connectivity index (χ0) is 9.68. The number of rotatable bonds is 3. The van der Waals surface area contributed by atoms with Gasteiger partial charge in [0, 0.05) is 12.1 Å². The normalized spacial score (nSPS) is 24.5. The summed E-state index contributed by atoms with van der Waals surface area (Å²) in [7, 11) is 0. The maximum absolute atomic E-state index is 6.78. The molecule has 13 heavy (non-hydrogen) atoms. The Morgan fingerprint density at radius 2 is 2.46 bits per heavy atom. The van der Waals surface area contributed by atoms with Crippen molar-refractivity contribution in [2.75, 3.05) is 0 Å². The van der Waals surface area contributed by atoms with Gasteiger partial charge in [0.25, 0.3) is 0 Å². The lowest BCUT2D eigenvalue weighted by Gasteiger charge is -2.14. The molecule has 0 bridgehead atoms. The van der Waals surface area contributed by atoms with Gasteiger partial charge in [0.05, 0.1) is 0 Å². The van der Waals surface area contributed by atoms with Crippen molar-refractivity contribution < 1.29 is 0 Å². The summed E-state index contributed by atoms with van der Waals surface area (Å²) in [4.78, 5) is 3.81. The van der Waals surface area contributed by atoms with E-state index in [4.69, 9.17) is 5.41 Å². The lowest BCUT2D eigenvalue weighted by molar-refractivity contribution is 0.720. The van der Waals surface area contributed by atoms with E-state index in [1.165, 1.54) is 5.57 Å². The van der Waals surface area contributed by atoms with E-state index in [9.17, 15) is 0 Å². The molecule has 0 aliphatic heterocycles. The minimum absolute atomic E-state index is 0.324. The van der Waals surface area contributed by atoms with Gasteiger partial charge < -0.3 is 0 Å². The van der Waals surface area contributed by atoms with Crippen molar-refractivity contribution in [2.45, 2.75) is 20.3 Å². The molecule has 2 nitrogen and oxygen atoms in total. The summed E-state index contributed by atoms with van der Waals surface area (Å²) in [5, 5.41) is 6.78. The number of hydrogen-bond donors (Lipinski definition) is 1. The van der Waals surface area contributed by atoms with E-state index in [-0.39, 0.29) is 0 Å². The van der Waals surface area contributed by atoms with Crippen LogP contribution in [0.15, 0.2) is 28.8 Å². The van der Waals surface area contributed by atoms with Gasteiger partial charge in [-0.2, -0.15) is 0 Å². The third-order valence-electron chi connectivity index (χ3n) is 2.25. The maximum atomic E-state index is 6.78. The molecule has 0 aromatic carbocycles. The van der Waals surface area contributed by atoms with Crippen molar-refractivity contribution in [3.05, 3.63) is 23.8 Å². The summed E-state index contributed by atoms with van der Waals surface area (Å²) >= 11 is 0. The van der Waals surface area contributed by atoms with Crippen LogP contribution in [0.4, 0.5) is 0 Å². The van der Waals surface area contributed by atoms with Crippen LogP contribution in [0.5, 0.6) is 0 Å². The quantitative estimate of drug-likeness (QED) is 0.507. The molecule has 0 spiro atoms. The monoisotopic (exact) mass is 176 g/mol. The summed E-state index contributed by atoms with van der Waals surface area (Å²) in [5.41, 5.74) is 1.31. The third kappa shape index (κ3) is 2.98. The van der Waals surface area contributed by atoms with E-state index in [1.54, 1.807) is 6.21 Å². The Morgan fingerprint density at radius 1 is 1.69 bits per heavy atom. The Labute approximate surface area is 79.6 Å². The lowest BCUT2D eigenvalue weighted by atomic mass is 9.92. The molecule has 1 aliphatic carbocycles. The number of nitrogens with one attached hydrogen (secondary N) is 1. The standard InChI is InChI=1S/C11H16N2/c1-9-3-5-11(6-4-9)10(2)7-13-8-12/h3,5-10,12H,4H2,1-2H3. The van der Waals surface area contributed by atoms with Gasteiger partial charge in [0.2, 0.25) is 0 Å². The molecule has 1 N–H and O–H groups in total. The van der Waals surface area contributed by atoms with Gasteiger partial charge in [-0.1, -0.05) is 32.1 Å². The van der Waals surface area contributed by atoms with Crippen molar-refractivity contribution in [3.8, 4) is 0 Å². The van der Waals surface area contributed by atoms with Crippen molar-refractivity contribution in [1.82, 2.24) is 0 Å². The van der Waals surface area contributed by atoms with E-state index in [0.717, 1.165) is 12.8 Å². The largest absolute Gasteiger partial charge is 0.290 e. The molecule has 2 heteroatoms. The van der Waals surface area contributed by atoms with Crippen LogP contribution in [0.3, 0.4) is 0 Å². The minimum atomic E-state index is 0.324. The number of hydrogen-bond acceptors (Lipinski definition) is 1. The summed E-state index contributed by atoms with van der Waals surface area (Å²) in [6.07, 6.45) is 10.6. The van der Waals surface area contributed by atoms with E-state index in [0.29, 0.717) is 11.8 Å². The zero-order valence-electron chi connectivity index (χ0n) is 8.20. The Kier molecular flexibility index (Phi) is 3.62. The van der Waals surface area contributed by atoms with Gasteiger partial charge in [-0.3, -0.25) is 5.41 Å². The number of nitrogens with zero attached hydrogens (tertiary/aromatic N) is 1. The van der Waals surface area contributed by atoms with Crippen LogP contribution in [0.1, 0.15) is 20.3 Å². The first kappa shape index (κ1) is 9.90. The molecular weight excluding hydrogens is 160 g/mol. The molecule has 1 rings (SSSR count). The summed E-state index contributed by atoms with van der Waals surface area (Å²) < 4.78 is 0. The third-order valence-corrected chi connectivity index (χ3v) is 2.25. The first-order valence-electron chi connectivity index (χ1n) is 4.64. The Hall–Kier alpha value is -1.18. The molecule has 0 amide bonds. The molecular formula is C11H16N2. The van der Waals surface area contributed by atoms with Crippen LogP contribution in [-0.4, -0.2) is 12.6 Å². The number of aliphatic imine (C=N–C) groups is 1. The molecule has 2 unspecified atom stereocenters. The van der Waals surface area contributed by atoms with Crippen LogP contribution in [0.2, 0.25) is 0 Å². The molecule has 0 saturated carbocycles. The Balaban J connectivity index is 2.58. The second-order valence-corrected chi connectivity index (χ2v) is 3.49. The van der Waals surface area contributed by atoms with E-state index >= 15 is 0 Å². The molecule has 0 aromatic rings. The second kappa shape index (κ2) is 4.75. The molecule has 0 fully saturated rings. The van der Waals surface area contributed by atoms with E-state index in [2.05, 4.69) is 37.1 Å². The van der Waals surface area contributed by atoms with Gasteiger partial charge in [0.15, 0.2) is 0 Å².